The van der Waals surface area contributed by atoms with E-state index in [4.69, 9.17) is 0 Å². The molecule has 2 heterocycles. The van der Waals surface area contributed by atoms with Crippen molar-refractivity contribution < 1.29 is 9.59 Å². The van der Waals surface area contributed by atoms with Crippen LogP contribution in [0.3, 0.4) is 0 Å². The van der Waals surface area contributed by atoms with E-state index in [0.717, 1.165) is 9.39 Å². The lowest BCUT2D eigenvalue weighted by atomic mass is 10.4. The van der Waals surface area contributed by atoms with Gasteiger partial charge in [0.05, 0.1) is 5.69 Å². The minimum absolute atomic E-state index is 0.0607. The minimum Gasteiger partial charge on any atom is -0.309 e. The summed E-state index contributed by atoms with van der Waals surface area (Å²) in [5.74, 6) is 0.0645. The zero-order valence-corrected chi connectivity index (χ0v) is 12.2. The molecule has 1 aliphatic heterocycles. The molecule has 0 spiro atoms. The molecule has 1 aliphatic rings. The van der Waals surface area contributed by atoms with Crippen molar-refractivity contribution in [2.45, 2.75) is 18.6 Å². The Bertz CT molecular complexity index is 467. The molecule has 0 aromatic carbocycles. The van der Waals surface area contributed by atoms with E-state index in [1.165, 1.54) is 18.7 Å². The lowest BCUT2D eigenvalue weighted by molar-refractivity contribution is -0.117. The summed E-state index contributed by atoms with van der Waals surface area (Å²) in [5, 5.41) is 0.126. The molecule has 2 rings (SSSR count). The lowest BCUT2D eigenvalue weighted by Gasteiger charge is -2.17. The van der Waals surface area contributed by atoms with Gasteiger partial charge in [-0.15, -0.1) is 0 Å². The molecule has 0 saturated carbocycles. The third kappa shape index (κ3) is 2.98. The van der Waals surface area contributed by atoms with Gasteiger partial charge in [-0.2, -0.15) is 0 Å². The van der Waals surface area contributed by atoms with E-state index in [2.05, 4.69) is 27.6 Å². The van der Waals surface area contributed by atoms with Crippen molar-refractivity contribution in [1.82, 2.24) is 4.98 Å². The number of amides is 1. The summed E-state index contributed by atoms with van der Waals surface area (Å²) >= 11 is 3.36. The van der Waals surface area contributed by atoms with Crippen molar-refractivity contribution in [2.24, 2.45) is 0 Å². The van der Waals surface area contributed by atoms with Gasteiger partial charge >= 0.3 is 0 Å². The minimum atomic E-state index is 0.0607. The number of hydrogen-bond acceptors (Lipinski definition) is 4. The van der Waals surface area contributed by atoms with Crippen LogP contribution in [0.15, 0.2) is 18.3 Å². The smallest absolute Gasteiger partial charge is 0.228 e. The zero-order chi connectivity index (χ0) is 12.4. The molecule has 0 radical (unpaired) electrons. The van der Waals surface area contributed by atoms with Gasteiger partial charge in [-0.05, 0) is 34.7 Å². The Morgan fingerprint density at radius 1 is 1.65 bits per heavy atom. The molecule has 1 aromatic rings. The Balaban J connectivity index is 2.16. The maximum absolute atomic E-state index is 11.9. The molecule has 0 aliphatic carbocycles. The van der Waals surface area contributed by atoms with Crippen LogP contribution in [0.5, 0.6) is 0 Å². The number of hydrogen-bond donors (Lipinski definition) is 0. The average molecular weight is 362 g/mol. The van der Waals surface area contributed by atoms with Crippen molar-refractivity contribution in [3.8, 4) is 0 Å². The maximum atomic E-state index is 11.9. The van der Waals surface area contributed by atoms with Crippen LogP contribution in [-0.2, 0) is 9.59 Å². The molecule has 1 amide bonds. The standard InChI is InChI=1S/C11H11IN2O2S/c1-7(15)17-8-5-10(16)14(6-8)9-3-2-4-13-11(9)12/h2-4,8H,5-6H2,1H3. The van der Waals surface area contributed by atoms with Crippen LogP contribution in [0, 0.1) is 3.70 Å². The van der Waals surface area contributed by atoms with Crippen LogP contribution in [0.1, 0.15) is 13.3 Å². The van der Waals surface area contributed by atoms with Crippen LogP contribution in [0.4, 0.5) is 5.69 Å². The third-order valence-electron chi connectivity index (χ3n) is 2.45. The second-order valence-electron chi connectivity index (χ2n) is 3.75. The first-order chi connectivity index (χ1) is 8.08. The Morgan fingerprint density at radius 3 is 3.06 bits per heavy atom. The predicted octanol–water partition coefficient (Wildman–Crippen LogP) is 2.07. The number of carbonyl (C=O) groups excluding carboxylic acids is 2. The fraction of sp³-hybridized carbons (Fsp3) is 0.364. The van der Waals surface area contributed by atoms with Crippen LogP contribution >= 0.6 is 34.4 Å². The lowest BCUT2D eigenvalue weighted by Crippen LogP contribution is -2.26. The maximum Gasteiger partial charge on any atom is 0.228 e. The van der Waals surface area contributed by atoms with Gasteiger partial charge < -0.3 is 4.90 Å². The second kappa shape index (κ2) is 5.34. The number of nitrogens with zero attached hydrogens (tertiary/aromatic N) is 2. The normalized spacial score (nSPS) is 19.8. The van der Waals surface area contributed by atoms with Gasteiger partial charge in [0.2, 0.25) is 5.91 Å². The number of carbonyl (C=O) groups is 2. The van der Waals surface area contributed by atoms with Crippen molar-refractivity contribution in [3.05, 3.63) is 22.0 Å². The number of aromatic nitrogens is 1. The molecular weight excluding hydrogens is 351 g/mol. The number of thioether (sulfide) groups is 1. The zero-order valence-electron chi connectivity index (χ0n) is 9.22. The number of anilines is 1. The molecule has 17 heavy (non-hydrogen) atoms. The summed E-state index contributed by atoms with van der Waals surface area (Å²) in [5.41, 5.74) is 0.838. The summed E-state index contributed by atoms with van der Waals surface area (Å²) in [7, 11) is 0. The Morgan fingerprint density at radius 2 is 2.41 bits per heavy atom. The van der Waals surface area contributed by atoms with E-state index in [9.17, 15) is 9.59 Å². The predicted molar refractivity (Wildman–Crippen MR) is 76.0 cm³/mol. The van der Waals surface area contributed by atoms with E-state index < -0.39 is 0 Å². The first kappa shape index (κ1) is 12.8. The fourth-order valence-electron chi connectivity index (χ4n) is 1.80. The van der Waals surface area contributed by atoms with E-state index in [1.54, 1.807) is 11.1 Å². The van der Waals surface area contributed by atoms with Gasteiger partial charge in [0.25, 0.3) is 0 Å². The summed E-state index contributed by atoms with van der Waals surface area (Å²) in [6.45, 7) is 2.12. The molecule has 0 N–H and O–H groups in total. The van der Waals surface area contributed by atoms with Gasteiger partial charge in [-0.1, -0.05) is 11.8 Å². The van der Waals surface area contributed by atoms with Crippen molar-refractivity contribution >= 4 is 51.1 Å². The van der Waals surface area contributed by atoms with Crippen molar-refractivity contribution in [2.75, 3.05) is 11.4 Å². The molecule has 4 nitrogen and oxygen atoms in total. The Labute approximate surface area is 117 Å². The molecule has 1 saturated heterocycles. The van der Waals surface area contributed by atoms with Gasteiger partial charge in [0.15, 0.2) is 5.12 Å². The summed E-state index contributed by atoms with van der Waals surface area (Å²) in [6, 6.07) is 3.70. The highest BCUT2D eigenvalue weighted by Crippen LogP contribution is 2.30. The monoisotopic (exact) mass is 362 g/mol. The summed E-state index contributed by atoms with van der Waals surface area (Å²) in [6.07, 6.45) is 2.13. The van der Waals surface area contributed by atoms with Crippen LogP contribution in [-0.4, -0.2) is 27.8 Å². The van der Waals surface area contributed by atoms with Gasteiger partial charge in [-0.25, -0.2) is 4.98 Å². The number of rotatable bonds is 2. The molecule has 6 heteroatoms. The number of pyridine rings is 1. The molecule has 1 unspecified atom stereocenters. The van der Waals surface area contributed by atoms with Crippen LogP contribution in [0.25, 0.3) is 0 Å². The summed E-state index contributed by atoms with van der Waals surface area (Å²) in [4.78, 5) is 28.8. The molecule has 0 bridgehead atoms. The van der Waals surface area contributed by atoms with Gasteiger partial charge in [0.1, 0.15) is 3.70 Å². The average Bonchev–Trinajstić information content (AvgIpc) is 2.59. The van der Waals surface area contributed by atoms with E-state index in [0.29, 0.717) is 13.0 Å². The van der Waals surface area contributed by atoms with Crippen LogP contribution in [0.2, 0.25) is 0 Å². The van der Waals surface area contributed by atoms with Gasteiger partial charge in [-0.3, -0.25) is 9.59 Å². The molecule has 1 aromatic heterocycles. The largest absolute Gasteiger partial charge is 0.309 e. The molecule has 1 atom stereocenters. The second-order valence-corrected chi connectivity index (χ2v) is 6.25. The Kier molecular flexibility index (Phi) is 4.03. The topological polar surface area (TPSA) is 50.3 Å². The summed E-state index contributed by atoms with van der Waals surface area (Å²) < 4.78 is 0.812. The first-order valence-electron chi connectivity index (χ1n) is 5.16. The molecular formula is C11H11IN2O2S. The van der Waals surface area contributed by atoms with E-state index >= 15 is 0 Å². The SMILES string of the molecule is CC(=O)SC1CC(=O)N(c2cccnc2I)C1. The molecule has 1 fully saturated rings. The van der Waals surface area contributed by atoms with E-state index in [1.807, 2.05) is 12.1 Å². The highest BCUT2D eigenvalue weighted by molar-refractivity contribution is 14.1. The highest BCUT2D eigenvalue weighted by atomic mass is 127. The van der Waals surface area contributed by atoms with Crippen molar-refractivity contribution in [3.63, 3.8) is 0 Å². The third-order valence-corrected chi connectivity index (χ3v) is 4.26. The van der Waals surface area contributed by atoms with Crippen molar-refractivity contribution in [1.29, 1.82) is 0 Å². The Hall–Kier alpha value is -0.630. The fourth-order valence-corrected chi connectivity index (χ4v) is 3.35. The van der Waals surface area contributed by atoms with E-state index in [-0.39, 0.29) is 16.3 Å². The number of halogens is 1. The highest BCUT2D eigenvalue weighted by Gasteiger charge is 2.32. The van der Waals surface area contributed by atoms with Gasteiger partial charge in [0, 0.05) is 31.3 Å². The molecule has 90 valence electrons. The quantitative estimate of drug-likeness (QED) is 0.597. The van der Waals surface area contributed by atoms with Crippen LogP contribution < -0.4 is 4.90 Å². The first-order valence-corrected chi connectivity index (χ1v) is 7.12.